The van der Waals surface area contributed by atoms with Gasteiger partial charge in [-0.25, -0.2) is 4.99 Å². The Hall–Kier alpha value is -3.20. The van der Waals surface area contributed by atoms with E-state index in [4.69, 9.17) is 0 Å². The Morgan fingerprint density at radius 3 is 2.63 bits per heavy atom. The van der Waals surface area contributed by atoms with Gasteiger partial charge in [-0.2, -0.15) is 5.26 Å². The summed E-state index contributed by atoms with van der Waals surface area (Å²) in [7, 11) is 0. The molecular weight excluding hydrogens is 376 g/mol. The molecule has 0 spiro atoms. The molecule has 2 amide bonds. The van der Waals surface area contributed by atoms with Gasteiger partial charge in [0.1, 0.15) is 11.2 Å². The summed E-state index contributed by atoms with van der Waals surface area (Å²) in [6.45, 7) is 9.96. The van der Waals surface area contributed by atoms with Crippen LogP contribution in [0.1, 0.15) is 39.2 Å². The van der Waals surface area contributed by atoms with Crippen molar-refractivity contribution in [1.82, 2.24) is 10.2 Å². The second kappa shape index (κ2) is 8.66. The first kappa shape index (κ1) is 21.5. The lowest BCUT2D eigenvalue weighted by molar-refractivity contribution is -0.133. The van der Waals surface area contributed by atoms with Gasteiger partial charge in [-0.15, -0.1) is 0 Å². The van der Waals surface area contributed by atoms with Gasteiger partial charge < -0.3 is 10.2 Å². The Kier molecular flexibility index (Phi) is 6.21. The van der Waals surface area contributed by atoms with E-state index in [0.29, 0.717) is 12.3 Å². The second-order valence-electron chi connectivity index (χ2n) is 8.27. The quantitative estimate of drug-likeness (QED) is 0.705. The summed E-state index contributed by atoms with van der Waals surface area (Å²) >= 11 is 0. The summed E-state index contributed by atoms with van der Waals surface area (Å²) in [5, 5.41) is 12.5. The first-order valence-electron chi connectivity index (χ1n) is 10.3. The average molecular weight is 405 g/mol. The van der Waals surface area contributed by atoms with Crippen molar-refractivity contribution in [3.63, 3.8) is 0 Å². The predicted octanol–water partition coefficient (Wildman–Crippen LogP) is 3.58. The minimum atomic E-state index is -0.894. The maximum Gasteiger partial charge on any atom is 0.247 e. The van der Waals surface area contributed by atoms with E-state index in [0.717, 1.165) is 24.1 Å². The third-order valence-electron chi connectivity index (χ3n) is 5.89. The summed E-state index contributed by atoms with van der Waals surface area (Å²) in [4.78, 5) is 31.2. The van der Waals surface area contributed by atoms with Crippen LogP contribution in [0.2, 0.25) is 0 Å². The maximum atomic E-state index is 13.1. The molecule has 0 radical (unpaired) electrons. The van der Waals surface area contributed by atoms with Gasteiger partial charge >= 0.3 is 0 Å². The minimum absolute atomic E-state index is 0.00432. The lowest BCUT2D eigenvalue weighted by Crippen LogP contribution is -2.36. The van der Waals surface area contributed by atoms with Crippen LogP contribution in [0.5, 0.6) is 0 Å². The summed E-state index contributed by atoms with van der Waals surface area (Å²) in [6, 6.07) is 11.8. The third-order valence-corrected chi connectivity index (χ3v) is 5.89. The van der Waals surface area contributed by atoms with E-state index >= 15 is 0 Å². The highest BCUT2D eigenvalue weighted by Crippen LogP contribution is 2.54. The fraction of sp³-hybridized carbons (Fsp3) is 0.417. The highest BCUT2D eigenvalue weighted by molar-refractivity contribution is 5.96. The van der Waals surface area contributed by atoms with E-state index in [9.17, 15) is 14.9 Å². The summed E-state index contributed by atoms with van der Waals surface area (Å²) < 4.78 is 0. The second-order valence-corrected chi connectivity index (χ2v) is 8.27. The van der Waals surface area contributed by atoms with Crippen molar-refractivity contribution in [2.45, 2.75) is 40.0 Å². The zero-order valence-electron chi connectivity index (χ0n) is 17.8. The molecular formula is C24H28N4O2. The molecule has 6 nitrogen and oxygen atoms in total. The molecule has 30 heavy (non-hydrogen) atoms. The van der Waals surface area contributed by atoms with Gasteiger partial charge in [0.25, 0.3) is 0 Å². The molecule has 2 unspecified atom stereocenters. The number of nitriles is 1. The molecule has 1 saturated carbocycles. The van der Waals surface area contributed by atoms with Crippen LogP contribution in [0.25, 0.3) is 0 Å². The van der Waals surface area contributed by atoms with Crippen LogP contribution in [-0.2, 0) is 16.0 Å². The largest absolute Gasteiger partial charge is 0.315 e. The fourth-order valence-corrected chi connectivity index (χ4v) is 4.24. The van der Waals surface area contributed by atoms with Crippen LogP contribution in [0.15, 0.2) is 59.5 Å². The number of carbonyl (C=O) groups excluding carboxylic acids is 2. The molecule has 2 atom stereocenters. The van der Waals surface area contributed by atoms with E-state index in [1.165, 1.54) is 0 Å². The normalized spacial score (nSPS) is 24.5. The number of nitrogens with one attached hydrogen (secondary N) is 1. The van der Waals surface area contributed by atoms with Crippen molar-refractivity contribution in [1.29, 1.82) is 5.26 Å². The summed E-state index contributed by atoms with van der Waals surface area (Å²) in [6.07, 6.45) is 3.94. The van der Waals surface area contributed by atoms with Crippen molar-refractivity contribution in [2.24, 2.45) is 22.2 Å². The van der Waals surface area contributed by atoms with E-state index in [-0.39, 0.29) is 35.9 Å². The van der Waals surface area contributed by atoms with Crippen molar-refractivity contribution in [2.75, 3.05) is 6.54 Å². The molecule has 1 N–H and O–H groups in total. The van der Waals surface area contributed by atoms with Crippen molar-refractivity contribution in [3.8, 4) is 6.07 Å². The summed E-state index contributed by atoms with van der Waals surface area (Å²) in [5.41, 5.74) is 1.39. The van der Waals surface area contributed by atoms with Gasteiger partial charge in [-0.3, -0.25) is 9.59 Å². The smallest absolute Gasteiger partial charge is 0.247 e. The van der Waals surface area contributed by atoms with Crippen LogP contribution < -0.4 is 5.32 Å². The van der Waals surface area contributed by atoms with Gasteiger partial charge in [0.05, 0.1) is 12.5 Å². The molecule has 1 heterocycles. The topological polar surface area (TPSA) is 85.6 Å². The Bertz CT molecular complexity index is 953. The summed E-state index contributed by atoms with van der Waals surface area (Å²) in [5.74, 6) is 0.141. The average Bonchev–Trinajstić information content (AvgIpc) is 3.49. The fourth-order valence-electron chi connectivity index (χ4n) is 4.24. The van der Waals surface area contributed by atoms with E-state index in [2.05, 4.69) is 23.0 Å². The van der Waals surface area contributed by atoms with Crippen LogP contribution in [0, 0.1) is 28.6 Å². The van der Waals surface area contributed by atoms with Gasteiger partial charge in [0.2, 0.25) is 11.8 Å². The number of nitrogens with zero attached hydrogens (tertiary/aromatic N) is 3. The lowest BCUT2D eigenvalue weighted by Gasteiger charge is -2.23. The number of rotatable bonds is 7. The SMILES string of the molecule is C=C(N=C(C)/C=C(\C)N1CC(C)C(C#N)(C2CC2)C1=O)NC(=O)Cc1ccccc1. The standard InChI is InChI=1S/C24H28N4O2/c1-16-14-28(23(30)24(16,15-25)21-10-11-21)18(3)12-17(2)26-19(4)27-22(29)13-20-8-6-5-7-9-20/h5-9,12,16,21H,4,10-11,13-14H2,1-3H3,(H,27,29)/b18-12+,26-17?. The minimum Gasteiger partial charge on any atom is -0.315 e. The number of aliphatic imine (C=N–C) groups is 1. The van der Waals surface area contributed by atoms with E-state index < -0.39 is 5.41 Å². The highest BCUT2D eigenvalue weighted by Gasteiger charge is 2.60. The Morgan fingerprint density at radius 1 is 1.37 bits per heavy atom. The number of allylic oxidation sites excluding steroid dienone is 2. The number of benzene rings is 1. The zero-order chi connectivity index (χ0) is 21.9. The predicted molar refractivity (Wildman–Crippen MR) is 116 cm³/mol. The number of amides is 2. The van der Waals surface area contributed by atoms with Crippen molar-refractivity contribution >= 4 is 17.5 Å². The first-order valence-corrected chi connectivity index (χ1v) is 10.3. The molecule has 1 aromatic carbocycles. The van der Waals surface area contributed by atoms with Gasteiger partial charge in [-0.1, -0.05) is 43.8 Å². The Labute approximate surface area is 178 Å². The van der Waals surface area contributed by atoms with Crippen molar-refractivity contribution in [3.05, 3.63) is 60.1 Å². The molecule has 0 bridgehead atoms. The monoisotopic (exact) mass is 404 g/mol. The number of likely N-dealkylation sites (tertiary alicyclic amines) is 1. The molecule has 1 aliphatic carbocycles. The molecule has 2 fully saturated rings. The van der Waals surface area contributed by atoms with E-state index in [1.54, 1.807) is 17.9 Å². The molecule has 2 aliphatic rings. The van der Waals surface area contributed by atoms with Gasteiger partial charge in [-0.05, 0) is 44.2 Å². The number of hydrogen-bond acceptors (Lipinski definition) is 4. The Balaban J connectivity index is 1.63. The Morgan fingerprint density at radius 2 is 2.03 bits per heavy atom. The van der Waals surface area contributed by atoms with Crippen LogP contribution >= 0.6 is 0 Å². The van der Waals surface area contributed by atoms with Crippen LogP contribution in [-0.4, -0.2) is 29.0 Å². The lowest BCUT2D eigenvalue weighted by atomic mass is 9.75. The molecule has 1 saturated heterocycles. The van der Waals surface area contributed by atoms with Crippen LogP contribution in [0.4, 0.5) is 0 Å². The van der Waals surface area contributed by atoms with Crippen LogP contribution in [0.3, 0.4) is 0 Å². The third kappa shape index (κ3) is 4.35. The first-order chi connectivity index (χ1) is 14.3. The zero-order valence-corrected chi connectivity index (χ0v) is 17.8. The molecule has 156 valence electrons. The maximum absolute atomic E-state index is 13.1. The number of carbonyl (C=O) groups is 2. The molecule has 1 aromatic rings. The highest BCUT2D eigenvalue weighted by atomic mass is 16.2. The van der Waals surface area contributed by atoms with E-state index in [1.807, 2.05) is 44.2 Å². The molecule has 3 rings (SSSR count). The van der Waals surface area contributed by atoms with Crippen molar-refractivity contribution < 1.29 is 9.59 Å². The number of hydrogen-bond donors (Lipinski definition) is 1. The van der Waals surface area contributed by atoms with Gasteiger partial charge in [0.15, 0.2) is 0 Å². The molecule has 1 aliphatic heterocycles. The molecule has 6 heteroatoms. The molecule has 0 aromatic heterocycles. The van der Waals surface area contributed by atoms with Gasteiger partial charge in [0, 0.05) is 23.9 Å².